The van der Waals surface area contributed by atoms with Gasteiger partial charge in [-0.1, -0.05) is 28.1 Å². The Morgan fingerprint density at radius 1 is 1.28 bits per heavy atom. The molecule has 4 nitrogen and oxygen atoms in total. The van der Waals surface area contributed by atoms with Crippen LogP contribution in [0.15, 0.2) is 41.1 Å². The summed E-state index contributed by atoms with van der Waals surface area (Å²) >= 11 is 3.40. The lowest BCUT2D eigenvalue weighted by molar-refractivity contribution is 0.0806. The summed E-state index contributed by atoms with van der Waals surface area (Å²) in [5.74, 6) is 0.879. The van der Waals surface area contributed by atoms with Crippen LogP contribution >= 0.6 is 15.9 Å². The molecule has 0 amide bonds. The molecule has 0 aliphatic rings. The van der Waals surface area contributed by atoms with Gasteiger partial charge in [0.2, 0.25) is 0 Å². The van der Waals surface area contributed by atoms with Crippen LogP contribution < -0.4 is 0 Å². The van der Waals surface area contributed by atoms with Gasteiger partial charge in [0.05, 0.1) is 19.3 Å². The average molecular weight is 311 g/mol. The first-order chi connectivity index (χ1) is 8.69. The fraction of sp³-hybridized carbons (Fsp3) is 0.308. The van der Waals surface area contributed by atoms with E-state index in [9.17, 15) is 5.11 Å². The van der Waals surface area contributed by atoms with Crippen LogP contribution in [0.3, 0.4) is 0 Å². The van der Waals surface area contributed by atoms with Crippen molar-refractivity contribution in [2.75, 3.05) is 6.61 Å². The largest absolute Gasteiger partial charge is 0.394 e. The van der Waals surface area contributed by atoms with Crippen LogP contribution in [-0.2, 0) is 13.0 Å². The molecule has 0 radical (unpaired) electrons. The van der Waals surface area contributed by atoms with Gasteiger partial charge in [-0.25, -0.2) is 4.98 Å². The highest BCUT2D eigenvalue weighted by molar-refractivity contribution is 9.10. The summed E-state index contributed by atoms with van der Waals surface area (Å²) in [5, 5.41) is 18.3. The normalized spacial score (nSPS) is 12.6. The second kappa shape index (κ2) is 6.13. The zero-order chi connectivity index (χ0) is 13.0. The van der Waals surface area contributed by atoms with Gasteiger partial charge in [0.25, 0.3) is 0 Å². The minimum absolute atomic E-state index is 0.240. The van der Waals surface area contributed by atoms with E-state index in [0.29, 0.717) is 13.0 Å². The molecule has 0 bridgehead atoms. The Balaban J connectivity index is 2.09. The molecule has 1 aromatic carbocycles. The van der Waals surface area contributed by atoms with E-state index in [1.54, 1.807) is 6.20 Å². The van der Waals surface area contributed by atoms with Crippen LogP contribution in [0.25, 0.3) is 0 Å². The van der Waals surface area contributed by atoms with Crippen LogP contribution in [0.5, 0.6) is 0 Å². The highest BCUT2D eigenvalue weighted by Gasteiger charge is 2.08. The molecule has 18 heavy (non-hydrogen) atoms. The highest BCUT2D eigenvalue weighted by atomic mass is 79.9. The van der Waals surface area contributed by atoms with E-state index in [1.165, 1.54) is 0 Å². The van der Waals surface area contributed by atoms with E-state index in [2.05, 4.69) is 20.9 Å². The summed E-state index contributed by atoms with van der Waals surface area (Å²) in [7, 11) is 0. The zero-order valence-electron chi connectivity index (χ0n) is 9.83. The van der Waals surface area contributed by atoms with Crippen molar-refractivity contribution < 1.29 is 10.2 Å². The molecule has 1 atom stereocenters. The van der Waals surface area contributed by atoms with Crippen LogP contribution in [-0.4, -0.2) is 32.5 Å². The number of benzene rings is 1. The Hall–Kier alpha value is -1.17. The van der Waals surface area contributed by atoms with Gasteiger partial charge in [-0.05, 0) is 17.7 Å². The summed E-state index contributed by atoms with van der Waals surface area (Å²) in [6.45, 7) is 0.123. The topological polar surface area (TPSA) is 58.3 Å². The molecule has 0 spiro atoms. The Kier molecular flexibility index (Phi) is 4.52. The lowest BCUT2D eigenvalue weighted by Gasteiger charge is -2.11. The SMILES string of the molecule is OCC(O)Cn1ccnc1Cc1ccc(Br)cc1. The van der Waals surface area contributed by atoms with E-state index in [1.807, 2.05) is 35.0 Å². The van der Waals surface area contributed by atoms with E-state index in [4.69, 9.17) is 5.11 Å². The van der Waals surface area contributed by atoms with Crippen molar-refractivity contribution in [1.29, 1.82) is 0 Å². The first-order valence-corrected chi connectivity index (χ1v) is 6.51. The van der Waals surface area contributed by atoms with Crippen molar-refractivity contribution in [3.63, 3.8) is 0 Å². The second-order valence-corrected chi connectivity index (χ2v) is 5.05. The van der Waals surface area contributed by atoms with E-state index in [0.717, 1.165) is 15.9 Å². The van der Waals surface area contributed by atoms with Crippen molar-refractivity contribution >= 4 is 15.9 Å². The quantitative estimate of drug-likeness (QED) is 0.881. The number of nitrogens with zero attached hydrogens (tertiary/aromatic N) is 2. The molecular formula is C13H15BrN2O2. The smallest absolute Gasteiger partial charge is 0.113 e. The predicted octanol–water partition coefficient (Wildman–Crippen LogP) is 1.59. The molecule has 0 aliphatic heterocycles. The number of hydrogen-bond donors (Lipinski definition) is 2. The predicted molar refractivity (Wildman–Crippen MR) is 72.3 cm³/mol. The molecule has 2 N–H and O–H groups in total. The summed E-state index contributed by atoms with van der Waals surface area (Å²) < 4.78 is 2.91. The third kappa shape index (κ3) is 3.41. The number of imidazole rings is 1. The number of aliphatic hydroxyl groups excluding tert-OH is 2. The third-order valence-electron chi connectivity index (χ3n) is 2.70. The lowest BCUT2D eigenvalue weighted by Crippen LogP contribution is -2.20. The maximum Gasteiger partial charge on any atom is 0.113 e. The van der Waals surface area contributed by atoms with Gasteiger partial charge in [-0.2, -0.15) is 0 Å². The van der Waals surface area contributed by atoms with Gasteiger partial charge in [-0.3, -0.25) is 0 Å². The van der Waals surface area contributed by atoms with Gasteiger partial charge in [0.15, 0.2) is 0 Å². The Labute approximate surface area is 114 Å². The van der Waals surface area contributed by atoms with Crippen molar-refractivity contribution in [1.82, 2.24) is 9.55 Å². The monoisotopic (exact) mass is 310 g/mol. The first-order valence-electron chi connectivity index (χ1n) is 5.72. The van der Waals surface area contributed by atoms with Gasteiger partial charge in [0.1, 0.15) is 5.82 Å². The molecular weight excluding hydrogens is 296 g/mol. The van der Waals surface area contributed by atoms with E-state index >= 15 is 0 Å². The maximum absolute atomic E-state index is 9.45. The molecule has 1 unspecified atom stereocenters. The maximum atomic E-state index is 9.45. The molecule has 2 aromatic rings. The first kappa shape index (κ1) is 13.3. The summed E-state index contributed by atoms with van der Waals surface area (Å²) in [6, 6.07) is 8.05. The molecule has 1 aromatic heterocycles. The molecule has 0 saturated carbocycles. The average Bonchev–Trinajstić information content (AvgIpc) is 2.79. The second-order valence-electron chi connectivity index (χ2n) is 4.14. The number of aliphatic hydroxyl groups is 2. The fourth-order valence-corrected chi connectivity index (χ4v) is 2.01. The Morgan fingerprint density at radius 2 is 2.00 bits per heavy atom. The molecule has 0 fully saturated rings. The number of rotatable bonds is 5. The van der Waals surface area contributed by atoms with E-state index < -0.39 is 6.10 Å². The summed E-state index contributed by atoms with van der Waals surface area (Å²) in [6.07, 6.45) is 3.48. The van der Waals surface area contributed by atoms with Gasteiger partial charge < -0.3 is 14.8 Å². The minimum atomic E-state index is -0.747. The summed E-state index contributed by atoms with van der Waals surface area (Å²) in [5.41, 5.74) is 1.16. The van der Waals surface area contributed by atoms with Crippen LogP contribution in [0, 0.1) is 0 Å². The number of halogens is 1. The fourth-order valence-electron chi connectivity index (χ4n) is 1.74. The van der Waals surface area contributed by atoms with Gasteiger partial charge >= 0.3 is 0 Å². The van der Waals surface area contributed by atoms with Crippen molar-refractivity contribution in [2.45, 2.75) is 19.1 Å². The van der Waals surface area contributed by atoms with Crippen molar-refractivity contribution in [2.24, 2.45) is 0 Å². The third-order valence-corrected chi connectivity index (χ3v) is 3.22. The van der Waals surface area contributed by atoms with Crippen molar-refractivity contribution in [3.8, 4) is 0 Å². The minimum Gasteiger partial charge on any atom is -0.394 e. The van der Waals surface area contributed by atoms with Gasteiger partial charge in [0, 0.05) is 23.3 Å². The molecule has 5 heteroatoms. The number of hydrogen-bond acceptors (Lipinski definition) is 3. The molecule has 2 rings (SSSR count). The molecule has 0 saturated heterocycles. The molecule has 96 valence electrons. The summed E-state index contributed by atoms with van der Waals surface area (Å²) in [4.78, 5) is 4.28. The van der Waals surface area contributed by atoms with Crippen LogP contribution in [0.2, 0.25) is 0 Å². The highest BCUT2D eigenvalue weighted by Crippen LogP contribution is 2.13. The Bertz CT molecular complexity index is 496. The Morgan fingerprint density at radius 3 is 2.67 bits per heavy atom. The number of aromatic nitrogens is 2. The van der Waals surface area contributed by atoms with Gasteiger partial charge in [-0.15, -0.1) is 0 Å². The lowest BCUT2D eigenvalue weighted by atomic mass is 10.1. The molecule has 0 aliphatic carbocycles. The van der Waals surface area contributed by atoms with Crippen LogP contribution in [0.4, 0.5) is 0 Å². The van der Waals surface area contributed by atoms with Crippen molar-refractivity contribution in [3.05, 3.63) is 52.5 Å². The van der Waals surface area contributed by atoms with Crippen LogP contribution in [0.1, 0.15) is 11.4 Å². The zero-order valence-corrected chi connectivity index (χ0v) is 11.4. The van der Waals surface area contributed by atoms with E-state index in [-0.39, 0.29) is 6.61 Å². The standard InChI is InChI=1S/C13H15BrN2O2/c14-11-3-1-10(2-4-11)7-13-15-5-6-16(13)8-12(18)9-17/h1-6,12,17-18H,7-9H2. The molecule has 1 heterocycles.